The number of fused-ring (bicyclic) bond motifs is 1. The number of aromatic amines is 1. The van der Waals surface area contributed by atoms with E-state index < -0.39 is 5.82 Å². The number of hydrogen-bond donors (Lipinski definition) is 1. The zero-order chi connectivity index (χ0) is 10.3. The van der Waals surface area contributed by atoms with Crippen LogP contribution in [-0.4, -0.2) is 12.1 Å². The van der Waals surface area contributed by atoms with E-state index in [4.69, 9.17) is 16.3 Å². The van der Waals surface area contributed by atoms with Crippen LogP contribution in [0.1, 0.15) is 5.69 Å². The van der Waals surface area contributed by atoms with Gasteiger partial charge in [-0.2, -0.15) is 0 Å². The molecule has 0 unspecified atom stereocenters. The van der Waals surface area contributed by atoms with E-state index in [1.165, 1.54) is 13.2 Å². The van der Waals surface area contributed by atoms with Crippen LogP contribution in [0.5, 0.6) is 5.75 Å². The molecule has 1 aromatic carbocycles. The molecule has 14 heavy (non-hydrogen) atoms. The van der Waals surface area contributed by atoms with E-state index in [9.17, 15) is 4.39 Å². The summed E-state index contributed by atoms with van der Waals surface area (Å²) in [6.45, 7) is 1.88. The topological polar surface area (TPSA) is 25.0 Å². The summed E-state index contributed by atoms with van der Waals surface area (Å²) in [5, 5.41) is 1.04. The van der Waals surface area contributed by atoms with Gasteiger partial charge in [0.2, 0.25) is 0 Å². The van der Waals surface area contributed by atoms with Crippen LogP contribution < -0.4 is 4.74 Å². The van der Waals surface area contributed by atoms with Crippen molar-refractivity contribution in [3.8, 4) is 5.75 Å². The van der Waals surface area contributed by atoms with Crippen molar-refractivity contribution in [2.24, 2.45) is 0 Å². The Morgan fingerprint density at radius 3 is 2.79 bits per heavy atom. The zero-order valence-electron chi connectivity index (χ0n) is 7.82. The first-order chi connectivity index (χ1) is 6.63. The standard InChI is InChI=1S/C10H9ClFNO/c1-5-3-6-9(13-5)7(11)4-8(12)10(6)14-2/h3-4,13H,1-2H3. The number of hydrogen-bond acceptors (Lipinski definition) is 1. The minimum atomic E-state index is -0.441. The lowest BCUT2D eigenvalue weighted by molar-refractivity contribution is 0.392. The zero-order valence-corrected chi connectivity index (χ0v) is 8.57. The summed E-state index contributed by atoms with van der Waals surface area (Å²) in [6, 6.07) is 3.06. The highest BCUT2D eigenvalue weighted by atomic mass is 35.5. The fourth-order valence-corrected chi connectivity index (χ4v) is 1.79. The predicted octanol–water partition coefficient (Wildman–Crippen LogP) is 3.28. The molecule has 74 valence electrons. The molecule has 0 saturated heterocycles. The van der Waals surface area contributed by atoms with Gasteiger partial charge in [0.15, 0.2) is 11.6 Å². The van der Waals surface area contributed by atoms with Gasteiger partial charge in [0.05, 0.1) is 17.6 Å². The lowest BCUT2D eigenvalue weighted by atomic mass is 10.2. The molecule has 1 heterocycles. The van der Waals surface area contributed by atoms with E-state index in [1.54, 1.807) is 0 Å². The molecule has 0 aliphatic rings. The number of methoxy groups -OCH3 is 1. The second-order valence-electron chi connectivity index (χ2n) is 3.11. The summed E-state index contributed by atoms with van der Waals surface area (Å²) in [7, 11) is 1.44. The van der Waals surface area contributed by atoms with Crippen molar-refractivity contribution >= 4 is 22.5 Å². The number of aryl methyl sites for hydroxylation is 1. The first kappa shape index (κ1) is 9.34. The van der Waals surface area contributed by atoms with Gasteiger partial charge in [-0.15, -0.1) is 0 Å². The average molecular weight is 214 g/mol. The fourth-order valence-electron chi connectivity index (χ4n) is 1.54. The Morgan fingerprint density at radius 1 is 1.43 bits per heavy atom. The molecule has 2 rings (SSSR count). The maximum atomic E-state index is 13.4. The number of halogens is 2. The van der Waals surface area contributed by atoms with Crippen LogP contribution in [0.3, 0.4) is 0 Å². The average Bonchev–Trinajstić information content (AvgIpc) is 2.48. The molecule has 0 radical (unpaired) electrons. The van der Waals surface area contributed by atoms with Crippen molar-refractivity contribution in [1.29, 1.82) is 0 Å². The quantitative estimate of drug-likeness (QED) is 0.773. The van der Waals surface area contributed by atoms with E-state index in [0.717, 1.165) is 5.69 Å². The summed E-state index contributed by atoms with van der Waals surface area (Å²) in [5.74, 6) is -0.210. The highest BCUT2D eigenvalue weighted by molar-refractivity contribution is 6.35. The van der Waals surface area contributed by atoms with Gasteiger partial charge in [-0.1, -0.05) is 11.6 Å². The van der Waals surface area contributed by atoms with Crippen molar-refractivity contribution in [3.63, 3.8) is 0 Å². The number of ether oxygens (including phenoxy) is 1. The van der Waals surface area contributed by atoms with E-state index >= 15 is 0 Å². The Morgan fingerprint density at radius 2 is 2.14 bits per heavy atom. The van der Waals surface area contributed by atoms with E-state index in [0.29, 0.717) is 15.9 Å². The molecule has 4 heteroatoms. The van der Waals surface area contributed by atoms with Gasteiger partial charge in [-0.3, -0.25) is 0 Å². The van der Waals surface area contributed by atoms with Crippen LogP contribution in [0.4, 0.5) is 4.39 Å². The van der Waals surface area contributed by atoms with Crippen LogP contribution >= 0.6 is 11.6 Å². The van der Waals surface area contributed by atoms with Crippen molar-refractivity contribution in [2.75, 3.05) is 7.11 Å². The van der Waals surface area contributed by atoms with Gasteiger partial charge in [0.25, 0.3) is 0 Å². The molecule has 0 aliphatic heterocycles. The Hall–Kier alpha value is -1.22. The smallest absolute Gasteiger partial charge is 0.167 e. The summed E-state index contributed by atoms with van der Waals surface area (Å²) >= 11 is 5.88. The first-order valence-electron chi connectivity index (χ1n) is 4.15. The predicted molar refractivity (Wildman–Crippen MR) is 54.6 cm³/mol. The Kier molecular flexibility index (Phi) is 2.11. The second-order valence-corrected chi connectivity index (χ2v) is 3.52. The number of benzene rings is 1. The SMILES string of the molecule is COc1c(F)cc(Cl)c2[nH]c(C)cc12. The monoisotopic (exact) mass is 213 g/mol. The number of rotatable bonds is 1. The Bertz CT molecular complexity index is 492. The maximum absolute atomic E-state index is 13.4. The van der Waals surface area contributed by atoms with Crippen LogP contribution in [0.25, 0.3) is 10.9 Å². The molecule has 1 N–H and O–H groups in total. The van der Waals surface area contributed by atoms with Crippen LogP contribution in [0.15, 0.2) is 12.1 Å². The van der Waals surface area contributed by atoms with Gasteiger partial charge in [-0.25, -0.2) is 4.39 Å². The molecule has 0 spiro atoms. The molecule has 1 aromatic heterocycles. The van der Waals surface area contributed by atoms with Crippen molar-refractivity contribution in [1.82, 2.24) is 4.98 Å². The summed E-state index contributed by atoms with van der Waals surface area (Å²) in [5.41, 5.74) is 1.63. The van der Waals surface area contributed by atoms with Gasteiger partial charge >= 0.3 is 0 Å². The van der Waals surface area contributed by atoms with E-state index in [2.05, 4.69) is 4.98 Å². The summed E-state index contributed by atoms with van der Waals surface area (Å²) < 4.78 is 18.3. The molecular weight excluding hydrogens is 205 g/mol. The lowest BCUT2D eigenvalue weighted by Gasteiger charge is -2.04. The fraction of sp³-hybridized carbons (Fsp3) is 0.200. The molecule has 2 nitrogen and oxygen atoms in total. The third-order valence-electron chi connectivity index (χ3n) is 2.11. The molecule has 0 atom stereocenters. The highest BCUT2D eigenvalue weighted by Crippen LogP contribution is 2.34. The van der Waals surface area contributed by atoms with Crippen molar-refractivity contribution in [2.45, 2.75) is 6.92 Å². The minimum absolute atomic E-state index is 0.230. The third-order valence-corrected chi connectivity index (χ3v) is 2.41. The third kappa shape index (κ3) is 1.24. The van der Waals surface area contributed by atoms with Gasteiger partial charge in [0, 0.05) is 11.1 Å². The van der Waals surface area contributed by atoms with Gasteiger partial charge < -0.3 is 9.72 Å². The molecule has 0 aliphatic carbocycles. The molecule has 0 saturated carbocycles. The van der Waals surface area contributed by atoms with Crippen LogP contribution in [0, 0.1) is 12.7 Å². The Labute approximate surface area is 85.6 Å². The molecular formula is C10H9ClFNO. The second kappa shape index (κ2) is 3.17. The largest absolute Gasteiger partial charge is 0.493 e. The Balaban J connectivity index is 2.89. The summed E-state index contributed by atoms with van der Waals surface area (Å²) in [6.07, 6.45) is 0. The maximum Gasteiger partial charge on any atom is 0.167 e. The van der Waals surface area contributed by atoms with Crippen LogP contribution in [-0.2, 0) is 0 Å². The minimum Gasteiger partial charge on any atom is -0.493 e. The van der Waals surface area contributed by atoms with Crippen LogP contribution in [0.2, 0.25) is 5.02 Å². The van der Waals surface area contributed by atoms with E-state index in [1.807, 2.05) is 13.0 Å². The van der Waals surface area contributed by atoms with E-state index in [-0.39, 0.29) is 5.75 Å². The lowest BCUT2D eigenvalue weighted by Crippen LogP contribution is -1.88. The molecule has 0 fully saturated rings. The van der Waals surface area contributed by atoms with Gasteiger partial charge in [0.1, 0.15) is 0 Å². The molecule has 2 aromatic rings. The first-order valence-corrected chi connectivity index (χ1v) is 4.52. The summed E-state index contributed by atoms with van der Waals surface area (Å²) in [4.78, 5) is 3.05. The number of aromatic nitrogens is 1. The van der Waals surface area contributed by atoms with Gasteiger partial charge in [-0.05, 0) is 19.1 Å². The highest BCUT2D eigenvalue weighted by Gasteiger charge is 2.13. The normalized spacial score (nSPS) is 10.9. The number of H-pyrrole nitrogens is 1. The van der Waals surface area contributed by atoms with Crippen molar-refractivity contribution < 1.29 is 9.13 Å². The molecule has 0 amide bonds. The number of nitrogens with one attached hydrogen (secondary N) is 1. The van der Waals surface area contributed by atoms with Crippen molar-refractivity contribution in [3.05, 3.63) is 28.7 Å². The molecule has 0 bridgehead atoms.